The number of anilines is 3. The minimum atomic E-state index is -0.384. The number of rotatable bonds is 13. The molecule has 3 N–H and O–H groups in total. The summed E-state index contributed by atoms with van der Waals surface area (Å²) in [5.41, 5.74) is 14.7. The fourth-order valence-electron chi connectivity index (χ4n) is 8.95. The summed E-state index contributed by atoms with van der Waals surface area (Å²) in [6.45, 7) is 8.58. The van der Waals surface area contributed by atoms with Crippen molar-refractivity contribution in [3.05, 3.63) is 124 Å². The molecule has 2 fully saturated rings. The van der Waals surface area contributed by atoms with Crippen LogP contribution in [-0.4, -0.2) is 81.3 Å². The number of likely N-dealkylation sites (tertiary alicyclic amines) is 1. The molecule has 2 aliphatic rings. The zero-order chi connectivity index (χ0) is 44.3. The number of nitrogen functional groups attached to an aromatic ring is 1. The van der Waals surface area contributed by atoms with E-state index in [9.17, 15) is 0 Å². The van der Waals surface area contributed by atoms with Gasteiger partial charge >= 0.3 is 0 Å². The van der Waals surface area contributed by atoms with E-state index in [1.807, 2.05) is 38.1 Å². The highest BCUT2D eigenvalue weighted by atomic mass is 35.5. The number of halogens is 4. The molecule has 7 aromatic rings. The summed E-state index contributed by atoms with van der Waals surface area (Å²) in [5, 5.41) is 4.71. The van der Waals surface area contributed by atoms with Crippen LogP contribution in [0.1, 0.15) is 45.1 Å². The van der Waals surface area contributed by atoms with Crippen molar-refractivity contribution in [1.82, 2.24) is 29.8 Å². The Kier molecular flexibility index (Phi) is 12.9. The molecule has 5 aromatic carbocycles. The van der Waals surface area contributed by atoms with Gasteiger partial charge in [0.2, 0.25) is 11.9 Å². The zero-order valence-corrected chi connectivity index (χ0v) is 37.2. The maximum atomic E-state index is 15.4. The largest absolute Gasteiger partial charge is 0.492 e. The summed E-state index contributed by atoms with van der Waals surface area (Å²) < 4.78 is 42.5. The Labute approximate surface area is 381 Å². The molecule has 0 atom stereocenters. The fraction of sp³-hybridized carbons (Fsp3) is 0.306. The lowest BCUT2D eigenvalue weighted by Gasteiger charge is -2.45. The Bertz CT molecular complexity index is 2770. The number of fused-ring (bicyclic) bond motifs is 2. The van der Waals surface area contributed by atoms with Crippen LogP contribution in [0.15, 0.2) is 97.1 Å². The Morgan fingerprint density at radius 1 is 0.672 bits per heavy atom. The molecule has 0 radical (unpaired) electrons. The van der Waals surface area contributed by atoms with Gasteiger partial charge in [-0.15, -0.1) is 0 Å². The highest BCUT2D eigenvalue weighted by Crippen LogP contribution is 2.37. The summed E-state index contributed by atoms with van der Waals surface area (Å²) in [7, 11) is 0. The third-order valence-electron chi connectivity index (χ3n) is 12.1. The van der Waals surface area contributed by atoms with Gasteiger partial charge in [0, 0.05) is 76.8 Å². The number of nitrogens with zero attached hydrogens (tertiary/aromatic N) is 7. The van der Waals surface area contributed by atoms with Crippen molar-refractivity contribution in [2.45, 2.75) is 58.2 Å². The van der Waals surface area contributed by atoms with Crippen LogP contribution >= 0.6 is 23.2 Å². The first-order chi connectivity index (χ1) is 31.1. The summed E-state index contributed by atoms with van der Waals surface area (Å²) in [5.74, 6) is 1.43. The Morgan fingerprint density at radius 2 is 1.19 bits per heavy atom. The molecule has 2 aliphatic heterocycles. The van der Waals surface area contributed by atoms with Gasteiger partial charge in [-0.25, -0.2) is 33.7 Å². The SMILES string of the molecule is CCOc1cc(CN2CCC(N(Nc3nc(-c4ccccc4F)c4cc(Cl)ccc4n3)C3CCN(c4nc(-c5ccccc5F)c5cc(Cl)ccc5n4)CC3)CC2)cc(OCC)c1N. The minimum absolute atomic E-state index is 0.0686. The number of hydrogen-bond acceptors (Lipinski definition) is 11. The van der Waals surface area contributed by atoms with Crippen LogP contribution < -0.4 is 25.5 Å². The fourth-order valence-corrected chi connectivity index (χ4v) is 9.29. The van der Waals surface area contributed by atoms with Gasteiger partial charge in [-0.05, 0) is 118 Å². The van der Waals surface area contributed by atoms with Crippen molar-refractivity contribution < 1.29 is 18.3 Å². The van der Waals surface area contributed by atoms with E-state index in [4.69, 9.17) is 58.3 Å². The van der Waals surface area contributed by atoms with E-state index in [-0.39, 0.29) is 23.7 Å². The predicted octanol–water partition coefficient (Wildman–Crippen LogP) is 10.8. The molecule has 0 unspecified atom stereocenters. The van der Waals surface area contributed by atoms with Crippen LogP contribution in [0, 0.1) is 11.6 Å². The highest BCUT2D eigenvalue weighted by molar-refractivity contribution is 6.31. The summed E-state index contributed by atoms with van der Waals surface area (Å²) in [4.78, 5) is 24.5. The van der Waals surface area contributed by atoms with Gasteiger partial charge in [0.05, 0.1) is 35.6 Å². The number of nitrogens with one attached hydrogen (secondary N) is 1. The maximum absolute atomic E-state index is 15.4. The molecular weight excluding hydrogens is 856 g/mol. The molecule has 15 heteroatoms. The lowest BCUT2D eigenvalue weighted by atomic mass is 9.98. The van der Waals surface area contributed by atoms with Gasteiger partial charge in [0.15, 0.2) is 0 Å². The molecule has 11 nitrogen and oxygen atoms in total. The summed E-state index contributed by atoms with van der Waals surface area (Å²) in [6, 6.07) is 28.3. The van der Waals surface area contributed by atoms with Crippen molar-refractivity contribution in [1.29, 1.82) is 0 Å². The van der Waals surface area contributed by atoms with Crippen LogP contribution in [-0.2, 0) is 6.54 Å². The van der Waals surface area contributed by atoms with E-state index >= 15 is 8.78 Å². The molecule has 64 heavy (non-hydrogen) atoms. The van der Waals surface area contributed by atoms with E-state index in [1.165, 1.54) is 12.1 Å². The Balaban J connectivity index is 1.01. The topological polar surface area (TPSA) is 118 Å². The normalized spacial score (nSPS) is 15.3. The van der Waals surface area contributed by atoms with Gasteiger partial charge in [-0.3, -0.25) is 10.3 Å². The van der Waals surface area contributed by atoms with Crippen LogP contribution in [0.4, 0.5) is 26.4 Å². The second-order valence-corrected chi connectivity index (χ2v) is 17.0. The van der Waals surface area contributed by atoms with Crippen LogP contribution in [0.3, 0.4) is 0 Å². The predicted molar refractivity (Wildman–Crippen MR) is 252 cm³/mol. The minimum Gasteiger partial charge on any atom is -0.492 e. The Hall–Kier alpha value is -5.86. The standard InChI is InChI=1S/C49H49Cl2F2N9O2/c1-3-63-43-25-30(26-44(45(43)54)64-4-2)29-60-21-17-33(18-22-60)62(59-48-55-41-15-13-31(50)27-37(41)46(57-48)35-9-5-7-11-39(35)52)34-19-23-61(24-20-34)49-56-42-16-14-32(51)28-38(42)47(58-49)36-10-6-8-12-40(36)53/h5-16,25-28,33-34H,3-4,17-24,29,54H2,1-2H3,(H,55,57,59). The van der Waals surface area contributed by atoms with Crippen LogP contribution in [0.2, 0.25) is 10.0 Å². The lowest BCUT2D eigenvalue weighted by molar-refractivity contribution is 0.0808. The number of aromatic nitrogens is 4. The second kappa shape index (κ2) is 19.1. The molecule has 9 rings (SSSR count). The first-order valence-corrected chi connectivity index (χ1v) is 22.6. The van der Waals surface area contributed by atoms with Crippen molar-refractivity contribution >= 4 is 62.6 Å². The molecule has 2 aromatic heterocycles. The molecule has 0 aliphatic carbocycles. The lowest BCUT2D eigenvalue weighted by Crippen LogP contribution is -2.55. The van der Waals surface area contributed by atoms with E-state index in [0.29, 0.717) is 116 Å². The van der Waals surface area contributed by atoms with Crippen molar-refractivity contribution in [3.8, 4) is 34.0 Å². The quantitative estimate of drug-likeness (QED) is 0.0851. The number of piperidine rings is 2. The highest BCUT2D eigenvalue weighted by Gasteiger charge is 2.34. The van der Waals surface area contributed by atoms with E-state index in [2.05, 4.69) is 20.2 Å². The molecule has 4 heterocycles. The monoisotopic (exact) mass is 903 g/mol. The number of hydrazine groups is 1. The molecule has 0 amide bonds. The molecule has 0 bridgehead atoms. The second-order valence-electron chi connectivity index (χ2n) is 16.2. The van der Waals surface area contributed by atoms with E-state index in [0.717, 1.165) is 44.3 Å². The van der Waals surface area contributed by atoms with Crippen LogP contribution in [0.5, 0.6) is 11.5 Å². The molecule has 2 saturated heterocycles. The number of nitrogens with two attached hydrogens (primary N) is 1. The van der Waals surface area contributed by atoms with Gasteiger partial charge in [-0.2, -0.15) is 0 Å². The number of benzene rings is 5. The summed E-state index contributed by atoms with van der Waals surface area (Å²) in [6.07, 6.45) is 3.26. The smallest absolute Gasteiger partial charge is 0.238 e. The van der Waals surface area contributed by atoms with Gasteiger partial charge in [-0.1, -0.05) is 47.5 Å². The Morgan fingerprint density at radius 3 is 1.73 bits per heavy atom. The van der Waals surface area contributed by atoms with Crippen molar-refractivity contribution in [2.75, 3.05) is 55.5 Å². The zero-order valence-electron chi connectivity index (χ0n) is 35.7. The van der Waals surface area contributed by atoms with Gasteiger partial charge in [0.25, 0.3) is 0 Å². The number of ether oxygens (including phenoxy) is 2. The first kappa shape index (κ1) is 43.4. The average Bonchev–Trinajstić information content (AvgIpc) is 3.30. The first-order valence-electron chi connectivity index (χ1n) is 21.8. The average molecular weight is 905 g/mol. The third-order valence-corrected chi connectivity index (χ3v) is 12.5. The molecule has 0 spiro atoms. The van der Waals surface area contributed by atoms with Crippen molar-refractivity contribution in [3.63, 3.8) is 0 Å². The van der Waals surface area contributed by atoms with E-state index in [1.54, 1.807) is 60.7 Å². The third kappa shape index (κ3) is 9.21. The maximum Gasteiger partial charge on any atom is 0.238 e. The number of hydrogen-bond donors (Lipinski definition) is 2. The molecule has 330 valence electrons. The van der Waals surface area contributed by atoms with Gasteiger partial charge in [0.1, 0.15) is 28.8 Å². The molecule has 0 saturated carbocycles. The molecular formula is C49H49Cl2F2N9O2. The van der Waals surface area contributed by atoms with Gasteiger partial charge < -0.3 is 20.1 Å². The van der Waals surface area contributed by atoms with Crippen molar-refractivity contribution in [2.24, 2.45) is 0 Å². The van der Waals surface area contributed by atoms with E-state index < -0.39 is 0 Å². The summed E-state index contributed by atoms with van der Waals surface area (Å²) >= 11 is 12.9. The van der Waals surface area contributed by atoms with Crippen LogP contribution in [0.25, 0.3) is 44.3 Å².